The lowest BCUT2D eigenvalue weighted by Gasteiger charge is -2.13. The largest absolute Gasteiger partial charge is 0.497 e. The number of nitrogens with two attached hydrogens (primary N) is 1. The molecule has 0 bridgehead atoms. The van der Waals surface area contributed by atoms with Crippen LogP contribution in [-0.4, -0.2) is 17.3 Å². The van der Waals surface area contributed by atoms with Crippen molar-refractivity contribution in [2.45, 2.75) is 13.0 Å². The van der Waals surface area contributed by atoms with Crippen LogP contribution in [0.15, 0.2) is 54.6 Å². The van der Waals surface area contributed by atoms with Crippen molar-refractivity contribution in [2.75, 3.05) is 12.8 Å². The predicted octanol–water partition coefficient (Wildman–Crippen LogP) is 3.81. The van der Waals surface area contributed by atoms with Gasteiger partial charge in [-0.2, -0.15) is 5.10 Å². The van der Waals surface area contributed by atoms with E-state index in [9.17, 15) is 0 Å². The van der Waals surface area contributed by atoms with Gasteiger partial charge in [0.1, 0.15) is 17.6 Å². The first-order valence-electron chi connectivity index (χ1n) is 7.37. The molecule has 0 amide bonds. The topological polar surface area (TPSA) is 73.2 Å². The lowest BCUT2D eigenvalue weighted by molar-refractivity contribution is 0.221. The van der Waals surface area contributed by atoms with E-state index in [1.165, 1.54) is 0 Å². The number of ether oxygens (including phenoxy) is 2. The van der Waals surface area contributed by atoms with Gasteiger partial charge in [-0.3, -0.25) is 5.10 Å². The second kappa shape index (κ2) is 6.44. The molecule has 5 heteroatoms. The molecule has 2 aromatic carbocycles. The Morgan fingerprint density at radius 1 is 1.04 bits per heavy atom. The number of rotatable bonds is 5. The quantitative estimate of drug-likeness (QED) is 0.703. The normalized spacial score (nSPS) is 11.9. The molecular weight excluding hydrogens is 290 g/mol. The summed E-state index contributed by atoms with van der Waals surface area (Å²) in [6.07, 6.45) is -0.147. The number of benzene rings is 2. The molecule has 0 aliphatic heterocycles. The Kier molecular flexibility index (Phi) is 4.19. The molecule has 118 valence electrons. The van der Waals surface area contributed by atoms with Crippen LogP contribution in [0.25, 0.3) is 11.3 Å². The van der Waals surface area contributed by atoms with Crippen molar-refractivity contribution in [3.63, 3.8) is 0 Å². The minimum atomic E-state index is -0.147. The van der Waals surface area contributed by atoms with Gasteiger partial charge in [-0.1, -0.05) is 12.1 Å². The second-order valence-electron chi connectivity index (χ2n) is 5.27. The summed E-state index contributed by atoms with van der Waals surface area (Å²) in [5, 5.41) is 7.36. The summed E-state index contributed by atoms with van der Waals surface area (Å²) in [6.45, 7) is 1.97. The Hall–Kier alpha value is -2.95. The molecule has 3 rings (SSSR count). The van der Waals surface area contributed by atoms with Gasteiger partial charge >= 0.3 is 0 Å². The van der Waals surface area contributed by atoms with E-state index >= 15 is 0 Å². The Labute approximate surface area is 135 Å². The summed E-state index contributed by atoms with van der Waals surface area (Å²) in [5.74, 6) is 1.58. The smallest absolute Gasteiger partial charge is 0.137 e. The van der Waals surface area contributed by atoms with Crippen LogP contribution in [0, 0.1) is 0 Å². The number of nitrogens with zero attached hydrogens (tertiary/aromatic N) is 1. The highest BCUT2D eigenvalue weighted by atomic mass is 16.5. The maximum absolute atomic E-state index is 5.92. The molecule has 0 saturated heterocycles. The van der Waals surface area contributed by atoms with Crippen molar-refractivity contribution in [1.82, 2.24) is 10.2 Å². The molecule has 3 N–H and O–H groups in total. The van der Waals surface area contributed by atoms with Crippen molar-refractivity contribution in [1.29, 1.82) is 0 Å². The van der Waals surface area contributed by atoms with Gasteiger partial charge in [0.25, 0.3) is 0 Å². The summed E-state index contributed by atoms with van der Waals surface area (Å²) in [6, 6.07) is 17.1. The maximum Gasteiger partial charge on any atom is 0.137 e. The molecule has 0 aliphatic rings. The van der Waals surface area contributed by atoms with E-state index < -0.39 is 0 Å². The number of hydrogen-bond acceptors (Lipinski definition) is 4. The SMILES string of the molecule is COc1ccc(OC(C)c2cc(-c3cccc(N)c3)n[nH]2)cc1. The fraction of sp³-hybridized carbons (Fsp3) is 0.167. The van der Waals surface area contributed by atoms with Crippen molar-refractivity contribution in [3.05, 3.63) is 60.3 Å². The molecule has 0 radical (unpaired) electrons. The summed E-state index contributed by atoms with van der Waals surface area (Å²) < 4.78 is 11.1. The number of methoxy groups -OCH3 is 1. The van der Waals surface area contributed by atoms with E-state index in [-0.39, 0.29) is 6.10 Å². The van der Waals surface area contributed by atoms with Gasteiger partial charge < -0.3 is 15.2 Å². The molecule has 1 aromatic heterocycles. The average molecular weight is 309 g/mol. The van der Waals surface area contributed by atoms with Crippen LogP contribution in [-0.2, 0) is 0 Å². The minimum absolute atomic E-state index is 0.147. The monoisotopic (exact) mass is 309 g/mol. The van der Waals surface area contributed by atoms with Crippen LogP contribution in [0.2, 0.25) is 0 Å². The molecule has 0 fully saturated rings. The van der Waals surface area contributed by atoms with Crippen molar-refractivity contribution >= 4 is 5.69 Å². The molecule has 1 unspecified atom stereocenters. The number of aromatic nitrogens is 2. The van der Waals surface area contributed by atoms with Gasteiger partial charge in [0.05, 0.1) is 18.5 Å². The van der Waals surface area contributed by atoms with Crippen LogP contribution in [0.1, 0.15) is 18.7 Å². The van der Waals surface area contributed by atoms with Gasteiger partial charge in [-0.15, -0.1) is 0 Å². The molecule has 1 heterocycles. The van der Waals surface area contributed by atoms with Crippen LogP contribution >= 0.6 is 0 Å². The Bertz CT molecular complexity index is 781. The van der Waals surface area contributed by atoms with E-state index in [1.807, 2.05) is 61.5 Å². The standard InChI is InChI=1S/C18H19N3O2/c1-12(23-16-8-6-15(22-2)7-9-16)17-11-18(21-20-17)13-4-3-5-14(19)10-13/h3-12H,19H2,1-2H3,(H,20,21). The number of H-pyrrole nitrogens is 1. The van der Waals surface area contributed by atoms with Gasteiger partial charge in [0, 0.05) is 11.3 Å². The molecule has 0 aliphatic carbocycles. The third kappa shape index (κ3) is 3.45. The first-order chi connectivity index (χ1) is 11.2. The maximum atomic E-state index is 5.92. The highest BCUT2D eigenvalue weighted by molar-refractivity contribution is 5.64. The molecule has 3 aromatic rings. The summed E-state index contributed by atoms with van der Waals surface area (Å²) in [4.78, 5) is 0. The zero-order valence-corrected chi connectivity index (χ0v) is 13.1. The third-order valence-electron chi connectivity index (χ3n) is 3.59. The van der Waals surface area contributed by atoms with Crippen LogP contribution < -0.4 is 15.2 Å². The average Bonchev–Trinajstić information content (AvgIpc) is 3.06. The number of nitrogens with one attached hydrogen (secondary N) is 1. The lowest BCUT2D eigenvalue weighted by atomic mass is 10.1. The number of aromatic amines is 1. The van der Waals surface area contributed by atoms with Crippen molar-refractivity contribution < 1.29 is 9.47 Å². The van der Waals surface area contributed by atoms with Crippen LogP contribution in [0.5, 0.6) is 11.5 Å². The zero-order valence-electron chi connectivity index (χ0n) is 13.1. The lowest BCUT2D eigenvalue weighted by Crippen LogP contribution is -2.03. The molecular formula is C18H19N3O2. The molecule has 0 spiro atoms. The number of nitrogen functional groups attached to an aromatic ring is 1. The molecule has 5 nitrogen and oxygen atoms in total. The molecule has 23 heavy (non-hydrogen) atoms. The van der Waals surface area contributed by atoms with Gasteiger partial charge in [-0.05, 0) is 49.4 Å². The Morgan fingerprint density at radius 3 is 2.48 bits per heavy atom. The minimum Gasteiger partial charge on any atom is -0.497 e. The number of hydrogen-bond donors (Lipinski definition) is 2. The fourth-order valence-electron chi connectivity index (χ4n) is 2.31. The van der Waals surface area contributed by atoms with Gasteiger partial charge in [-0.25, -0.2) is 0 Å². The van der Waals surface area contributed by atoms with E-state index in [0.29, 0.717) is 0 Å². The Balaban J connectivity index is 1.74. The summed E-state index contributed by atoms with van der Waals surface area (Å²) >= 11 is 0. The zero-order chi connectivity index (χ0) is 16.2. The fourth-order valence-corrected chi connectivity index (χ4v) is 2.31. The van der Waals surface area contributed by atoms with E-state index in [0.717, 1.165) is 34.1 Å². The van der Waals surface area contributed by atoms with E-state index in [1.54, 1.807) is 7.11 Å². The summed E-state index contributed by atoms with van der Waals surface area (Å²) in [7, 11) is 1.64. The highest BCUT2D eigenvalue weighted by Gasteiger charge is 2.12. The third-order valence-corrected chi connectivity index (χ3v) is 3.59. The first kappa shape index (κ1) is 15.0. The van der Waals surface area contributed by atoms with Crippen LogP contribution in [0.4, 0.5) is 5.69 Å². The predicted molar refractivity (Wildman–Crippen MR) is 90.5 cm³/mol. The Morgan fingerprint density at radius 2 is 1.78 bits per heavy atom. The van der Waals surface area contributed by atoms with E-state index in [2.05, 4.69) is 10.2 Å². The molecule has 0 saturated carbocycles. The van der Waals surface area contributed by atoms with E-state index in [4.69, 9.17) is 15.2 Å². The number of anilines is 1. The van der Waals surface area contributed by atoms with Crippen molar-refractivity contribution in [2.24, 2.45) is 0 Å². The van der Waals surface area contributed by atoms with Gasteiger partial charge in [0.2, 0.25) is 0 Å². The highest BCUT2D eigenvalue weighted by Crippen LogP contribution is 2.26. The van der Waals surface area contributed by atoms with Gasteiger partial charge in [0.15, 0.2) is 0 Å². The van der Waals surface area contributed by atoms with Crippen molar-refractivity contribution in [3.8, 4) is 22.8 Å². The summed E-state index contributed by atoms with van der Waals surface area (Å²) in [5.41, 5.74) is 9.25. The molecule has 1 atom stereocenters. The first-order valence-corrected chi connectivity index (χ1v) is 7.37. The van der Waals surface area contributed by atoms with Crippen LogP contribution in [0.3, 0.4) is 0 Å². The second-order valence-corrected chi connectivity index (χ2v) is 5.27.